The molecule has 8 nitrogen and oxygen atoms in total. The average Bonchev–Trinajstić information content (AvgIpc) is 2.48. The van der Waals surface area contributed by atoms with Crippen LogP contribution in [0.1, 0.15) is 6.92 Å². The first-order valence-corrected chi connectivity index (χ1v) is 6.31. The molecule has 1 N–H and O–H groups in total. The molecule has 1 aliphatic rings. The SMILES string of the molecule is CC(Nc1ccc([N+](=O)[O-])nc1)C(=O)N1CCOCC1. The third kappa shape index (κ3) is 3.41. The van der Waals surface area contributed by atoms with E-state index < -0.39 is 11.0 Å². The van der Waals surface area contributed by atoms with E-state index >= 15 is 0 Å². The molecule has 1 atom stereocenters. The van der Waals surface area contributed by atoms with Crippen LogP contribution in [0.15, 0.2) is 18.3 Å². The van der Waals surface area contributed by atoms with Gasteiger partial charge in [-0.05, 0) is 22.9 Å². The fraction of sp³-hybridized carbons (Fsp3) is 0.500. The molecule has 1 unspecified atom stereocenters. The molecule has 0 aliphatic carbocycles. The highest BCUT2D eigenvalue weighted by molar-refractivity contribution is 5.84. The van der Waals surface area contributed by atoms with Crippen LogP contribution in [0.4, 0.5) is 11.5 Å². The highest BCUT2D eigenvalue weighted by Crippen LogP contribution is 2.13. The summed E-state index contributed by atoms with van der Waals surface area (Å²) in [5, 5.41) is 13.5. The zero-order valence-electron chi connectivity index (χ0n) is 11.1. The number of hydrogen-bond donors (Lipinski definition) is 1. The van der Waals surface area contributed by atoms with Crippen LogP contribution in [0.5, 0.6) is 0 Å². The number of ether oxygens (including phenoxy) is 1. The van der Waals surface area contributed by atoms with Gasteiger partial charge in [-0.1, -0.05) is 0 Å². The van der Waals surface area contributed by atoms with Crippen LogP contribution in [-0.2, 0) is 9.53 Å². The first-order chi connectivity index (χ1) is 9.58. The molecule has 1 aliphatic heterocycles. The van der Waals surface area contributed by atoms with Crippen molar-refractivity contribution in [3.63, 3.8) is 0 Å². The second-order valence-electron chi connectivity index (χ2n) is 4.47. The van der Waals surface area contributed by atoms with Gasteiger partial charge in [0.25, 0.3) is 0 Å². The molecule has 0 aromatic carbocycles. The maximum atomic E-state index is 12.2. The monoisotopic (exact) mass is 280 g/mol. The Labute approximate surface area is 115 Å². The van der Waals surface area contributed by atoms with Crippen molar-refractivity contribution in [2.24, 2.45) is 0 Å². The van der Waals surface area contributed by atoms with Crippen LogP contribution < -0.4 is 5.32 Å². The topological polar surface area (TPSA) is 97.6 Å². The van der Waals surface area contributed by atoms with Crippen molar-refractivity contribution in [3.8, 4) is 0 Å². The summed E-state index contributed by atoms with van der Waals surface area (Å²) in [4.78, 5) is 27.5. The van der Waals surface area contributed by atoms with E-state index in [0.29, 0.717) is 32.0 Å². The average molecular weight is 280 g/mol. The Hall–Kier alpha value is -2.22. The van der Waals surface area contributed by atoms with Crippen molar-refractivity contribution in [2.75, 3.05) is 31.6 Å². The van der Waals surface area contributed by atoms with E-state index in [1.165, 1.54) is 18.3 Å². The van der Waals surface area contributed by atoms with E-state index in [1.807, 2.05) is 0 Å². The lowest BCUT2D eigenvalue weighted by atomic mass is 10.2. The number of hydrogen-bond acceptors (Lipinski definition) is 6. The van der Waals surface area contributed by atoms with Gasteiger partial charge < -0.3 is 25.1 Å². The van der Waals surface area contributed by atoms with Gasteiger partial charge in [-0.3, -0.25) is 4.79 Å². The van der Waals surface area contributed by atoms with Gasteiger partial charge in [-0.25, -0.2) is 0 Å². The van der Waals surface area contributed by atoms with E-state index in [1.54, 1.807) is 11.8 Å². The summed E-state index contributed by atoms with van der Waals surface area (Å²) in [5.41, 5.74) is 0.574. The molecule has 0 radical (unpaired) electrons. The molecule has 1 saturated heterocycles. The Morgan fingerprint density at radius 3 is 2.75 bits per heavy atom. The molecule has 0 spiro atoms. The lowest BCUT2D eigenvalue weighted by Gasteiger charge is -2.29. The van der Waals surface area contributed by atoms with E-state index in [-0.39, 0.29) is 11.7 Å². The minimum absolute atomic E-state index is 0.0216. The standard InChI is InChI=1S/C12H16N4O4/c1-9(12(17)15-4-6-20-7-5-15)14-10-2-3-11(13-8-10)16(18)19/h2-3,8-9,14H,4-7H2,1H3. The molecule has 2 heterocycles. The maximum absolute atomic E-state index is 12.2. The number of nitrogens with zero attached hydrogens (tertiary/aromatic N) is 3. The molecule has 0 saturated carbocycles. The van der Waals surface area contributed by atoms with Crippen LogP contribution >= 0.6 is 0 Å². The Morgan fingerprint density at radius 2 is 2.20 bits per heavy atom. The van der Waals surface area contributed by atoms with E-state index in [4.69, 9.17) is 4.74 Å². The Bertz CT molecular complexity index is 485. The van der Waals surface area contributed by atoms with Crippen LogP contribution in [-0.4, -0.2) is 53.1 Å². The van der Waals surface area contributed by atoms with Crippen molar-refractivity contribution >= 4 is 17.4 Å². The second-order valence-corrected chi connectivity index (χ2v) is 4.47. The molecule has 2 rings (SSSR count). The minimum atomic E-state index is -0.563. The summed E-state index contributed by atoms with van der Waals surface area (Å²) >= 11 is 0. The summed E-state index contributed by atoms with van der Waals surface area (Å²) in [6.45, 7) is 4.03. The van der Waals surface area contributed by atoms with Gasteiger partial charge in [-0.15, -0.1) is 0 Å². The van der Waals surface area contributed by atoms with E-state index in [2.05, 4.69) is 10.3 Å². The fourth-order valence-corrected chi connectivity index (χ4v) is 1.95. The van der Waals surface area contributed by atoms with Crippen LogP contribution in [0.25, 0.3) is 0 Å². The van der Waals surface area contributed by atoms with Crippen LogP contribution in [0.2, 0.25) is 0 Å². The molecule has 0 bridgehead atoms. The fourth-order valence-electron chi connectivity index (χ4n) is 1.95. The lowest BCUT2D eigenvalue weighted by Crippen LogP contribution is -2.47. The van der Waals surface area contributed by atoms with Gasteiger partial charge in [0.2, 0.25) is 5.91 Å². The van der Waals surface area contributed by atoms with Crippen molar-refractivity contribution in [2.45, 2.75) is 13.0 Å². The van der Waals surface area contributed by atoms with Gasteiger partial charge in [0.1, 0.15) is 6.04 Å². The summed E-state index contributed by atoms with van der Waals surface area (Å²) in [5.74, 6) is -0.241. The van der Waals surface area contributed by atoms with Gasteiger partial charge in [0.05, 0.1) is 18.9 Å². The summed E-state index contributed by atoms with van der Waals surface area (Å²) in [7, 11) is 0. The third-order valence-corrected chi connectivity index (χ3v) is 3.01. The minimum Gasteiger partial charge on any atom is -0.378 e. The number of anilines is 1. The first kappa shape index (κ1) is 14.2. The number of rotatable bonds is 4. The first-order valence-electron chi connectivity index (χ1n) is 6.31. The maximum Gasteiger partial charge on any atom is 0.363 e. The second kappa shape index (κ2) is 6.29. The van der Waals surface area contributed by atoms with Crippen molar-refractivity contribution < 1.29 is 14.5 Å². The van der Waals surface area contributed by atoms with Gasteiger partial charge in [-0.2, -0.15) is 0 Å². The molecule has 108 valence electrons. The Kier molecular flexibility index (Phi) is 4.46. The summed E-state index contributed by atoms with van der Waals surface area (Å²) in [6, 6.07) is 2.42. The number of carbonyl (C=O) groups excluding carboxylic acids is 1. The molecule has 1 aromatic rings. The predicted molar refractivity (Wildman–Crippen MR) is 71.4 cm³/mol. The quantitative estimate of drug-likeness (QED) is 0.642. The van der Waals surface area contributed by atoms with Crippen molar-refractivity contribution in [1.82, 2.24) is 9.88 Å². The number of aromatic nitrogens is 1. The van der Waals surface area contributed by atoms with E-state index in [0.717, 1.165) is 0 Å². The molecule has 1 aromatic heterocycles. The lowest BCUT2D eigenvalue weighted by molar-refractivity contribution is -0.389. The third-order valence-electron chi connectivity index (χ3n) is 3.01. The van der Waals surface area contributed by atoms with Crippen LogP contribution in [0, 0.1) is 10.1 Å². The zero-order chi connectivity index (χ0) is 14.5. The van der Waals surface area contributed by atoms with Crippen molar-refractivity contribution in [3.05, 3.63) is 28.4 Å². The van der Waals surface area contributed by atoms with Gasteiger partial charge in [0, 0.05) is 19.2 Å². The van der Waals surface area contributed by atoms with Gasteiger partial charge in [0.15, 0.2) is 6.20 Å². The van der Waals surface area contributed by atoms with Crippen LogP contribution in [0.3, 0.4) is 0 Å². The smallest absolute Gasteiger partial charge is 0.363 e. The number of pyridine rings is 1. The predicted octanol–water partition coefficient (Wildman–Crippen LogP) is 0.649. The Morgan fingerprint density at radius 1 is 1.50 bits per heavy atom. The molecule has 1 fully saturated rings. The molecule has 1 amide bonds. The van der Waals surface area contributed by atoms with E-state index in [9.17, 15) is 14.9 Å². The number of nitrogens with one attached hydrogen (secondary N) is 1. The number of carbonyl (C=O) groups is 1. The normalized spacial score (nSPS) is 16.6. The van der Waals surface area contributed by atoms with Crippen molar-refractivity contribution in [1.29, 1.82) is 0 Å². The summed E-state index contributed by atoms with van der Waals surface area (Å²) in [6.07, 6.45) is 1.35. The highest BCUT2D eigenvalue weighted by atomic mass is 16.6. The number of nitro groups is 1. The number of morpholine rings is 1. The summed E-state index contributed by atoms with van der Waals surface area (Å²) < 4.78 is 5.20. The largest absolute Gasteiger partial charge is 0.378 e. The zero-order valence-corrected chi connectivity index (χ0v) is 11.1. The molecular weight excluding hydrogens is 264 g/mol. The number of amides is 1. The Balaban J connectivity index is 1.94. The van der Waals surface area contributed by atoms with Gasteiger partial charge >= 0.3 is 5.82 Å². The molecule has 8 heteroatoms. The molecule has 20 heavy (non-hydrogen) atoms. The highest BCUT2D eigenvalue weighted by Gasteiger charge is 2.22. The molecular formula is C12H16N4O4.